The molecule has 0 bridgehead atoms. The van der Waals surface area contributed by atoms with E-state index in [4.69, 9.17) is 0 Å². The molecule has 0 aliphatic carbocycles. The van der Waals surface area contributed by atoms with Gasteiger partial charge in [0.2, 0.25) is 0 Å². The van der Waals surface area contributed by atoms with Crippen LogP contribution in [0, 0.1) is 0 Å². The molecule has 2 rings (SSSR count). The fourth-order valence-electron chi connectivity index (χ4n) is 2.51. The average Bonchev–Trinajstić information content (AvgIpc) is 2.64. The molecule has 1 atom stereocenters. The molecule has 1 heteroatoms. The molecule has 0 radical (unpaired) electrons. The number of hydrogen-bond donors (Lipinski definition) is 1. The third kappa shape index (κ3) is 1.92. The Morgan fingerprint density at radius 3 is 3.13 bits per heavy atom. The van der Waals surface area contributed by atoms with Crippen LogP contribution in [-0.4, -0.2) is 6.54 Å². The van der Waals surface area contributed by atoms with Crippen LogP contribution in [0.4, 0.5) is 5.69 Å². The van der Waals surface area contributed by atoms with Crippen LogP contribution in [-0.2, 0) is 6.42 Å². The molecule has 1 unspecified atom stereocenters. The summed E-state index contributed by atoms with van der Waals surface area (Å²) in [6.45, 7) is 7.20. The van der Waals surface area contributed by atoms with Crippen LogP contribution in [0.5, 0.6) is 0 Å². The third-order valence-corrected chi connectivity index (χ3v) is 3.14. The van der Waals surface area contributed by atoms with E-state index in [0.29, 0.717) is 5.92 Å². The smallest absolute Gasteiger partial charge is 0.0379 e. The van der Waals surface area contributed by atoms with Gasteiger partial charge in [0.25, 0.3) is 0 Å². The fourth-order valence-corrected chi connectivity index (χ4v) is 2.51. The van der Waals surface area contributed by atoms with Gasteiger partial charge in [0.05, 0.1) is 0 Å². The van der Waals surface area contributed by atoms with E-state index in [1.807, 2.05) is 6.08 Å². The second-order valence-electron chi connectivity index (χ2n) is 4.24. The zero-order chi connectivity index (χ0) is 10.7. The zero-order valence-corrected chi connectivity index (χ0v) is 9.42. The highest BCUT2D eigenvalue weighted by Crippen LogP contribution is 2.37. The number of hydrogen-bond acceptors (Lipinski definition) is 1. The third-order valence-electron chi connectivity index (χ3n) is 3.14. The molecule has 1 aliphatic rings. The zero-order valence-electron chi connectivity index (χ0n) is 9.42. The van der Waals surface area contributed by atoms with Crippen molar-refractivity contribution in [1.82, 2.24) is 0 Å². The number of allylic oxidation sites excluding steroid dienone is 1. The van der Waals surface area contributed by atoms with Gasteiger partial charge >= 0.3 is 0 Å². The standard InChI is InChI=1S/C14H19N/c1-3-6-11-8-5-9-13-14(11)12(7-4-2)10-15-13/h3,5,8-9,12,15H,1,4,6-7,10H2,2H3. The maximum atomic E-state index is 3.83. The number of nitrogens with one attached hydrogen (secondary N) is 1. The molecule has 0 fully saturated rings. The minimum Gasteiger partial charge on any atom is -0.384 e. The van der Waals surface area contributed by atoms with Gasteiger partial charge in [0, 0.05) is 18.2 Å². The first kappa shape index (κ1) is 10.3. The van der Waals surface area contributed by atoms with E-state index in [1.54, 1.807) is 5.56 Å². The van der Waals surface area contributed by atoms with Gasteiger partial charge in [-0.05, 0) is 30.0 Å². The van der Waals surface area contributed by atoms with Crippen molar-refractivity contribution in [2.24, 2.45) is 0 Å². The highest BCUT2D eigenvalue weighted by Gasteiger charge is 2.23. The quantitative estimate of drug-likeness (QED) is 0.732. The van der Waals surface area contributed by atoms with Gasteiger partial charge in [-0.15, -0.1) is 6.58 Å². The summed E-state index contributed by atoms with van der Waals surface area (Å²) in [5.41, 5.74) is 4.33. The Balaban J connectivity index is 2.34. The van der Waals surface area contributed by atoms with E-state index in [2.05, 4.69) is 37.0 Å². The minimum absolute atomic E-state index is 0.709. The van der Waals surface area contributed by atoms with Crippen LogP contribution in [0.25, 0.3) is 0 Å². The summed E-state index contributed by atoms with van der Waals surface area (Å²) in [4.78, 5) is 0. The molecular formula is C14H19N. The van der Waals surface area contributed by atoms with Gasteiger partial charge in [0.15, 0.2) is 0 Å². The van der Waals surface area contributed by atoms with Crippen LogP contribution in [0.1, 0.15) is 36.8 Å². The molecule has 0 saturated heterocycles. The molecule has 1 heterocycles. The van der Waals surface area contributed by atoms with Crippen molar-refractivity contribution in [3.63, 3.8) is 0 Å². The van der Waals surface area contributed by atoms with E-state index >= 15 is 0 Å². The number of rotatable bonds is 4. The maximum Gasteiger partial charge on any atom is 0.0379 e. The Kier molecular flexibility index (Phi) is 3.10. The van der Waals surface area contributed by atoms with Crippen molar-refractivity contribution in [2.75, 3.05) is 11.9 Å². The second-order valence-corrected chi connectivity index (χ2v) is 4.24. The molecule has 1 aromatic rings. The number of anilines is 1. The first-order chi connectivity index (χ1) is 7.36. The molecule has 1 aromatic carbocycles. The summed E-state index contributed by atoms with van der Waals surface area (Å²) < 4.78 is 0. The summed E-state index contributed by atoms with van der Waals surface area (Å²) in [6, 6.07) is 6.56. The molecule has 0 saturated carbocycles. The number of benzene rings is 1. The summed E-state index contributed by atoms with van der Waals surface area (Å²) in [7, 11) is 0. The Hall–Kier alpha value is -1.24. The first-order valence-electron chi connectivity index (χ1n) is 5.83. The lowest BCUT2D eigenvalue weighted by Crippen LogP contribution is -2.02. The van der Waals surface area contributed by atoms with Gasteiger partial charge in [0.1, 0.15) is 0 Å². The Morgan fingerprint density at radius 2 is 2.40 bits per heavy atom. The predicted molar refractivity (Wildman–Crippen MR) is 66.5 cm³/mol. The highest BCUT2D eigenvalue weighted by molar-refractivity contribution is 5.61. The lowest BCUT2D eigenvalue weighted by molar-refractivity contribution is 0.657. The van der Waals surface area contributed by atoms with Crippen LogP contribution < -0.4 is 5.32 Å². The largest absolute Gasteiger partial charge is 0.384 e. The minimum atomic E-state index is 0.709. The van der Waals surface area contributed by atoms with Crippen LogP contribution in [0.15, 0.2) is 30.9 Å². The van der Waals surface area contributed by atoms with E-state index in [1.165, 1.54) is 24.1 Å². The van der Waals surface area contributed by atoms with Gasteiger partial charge < -0.3 is 5.32 Å². The first-order valence-corrected chi connectivity index (χ1v) is 5.83. The fraction of sp³-hybridized carbons (Fsp3) is 0.429. The van der Waals surface area contributed by atoms with Gasteiger partial charge in [-0.1, -0.05) is 31.6 Å². The van der Waals surface area contributed by atoms with Crippen molar-refractivity contribution in [2.45, 2.75) is 32.1 Å². The van der Waals surface area contributed by atoms with E-state index < -0.39 is 0 Å². The Labute approximate surface area is 92.2 Å². The number of fused-ring (bicyclic) bond motifs is 1. The molecular weight excluding hydrogens is 182 g/mol. The summed E-state index contributed by atoms with van der Waals surface area (Å²) >= 11 is 0. The molecule has 1 nitrogen and oxygen atoms in total. The summed E-state index contributed by atoms with van der Waals surface area (Å²) in [5.74, 6) is 0.709. The van der Waals surface area contributed by atoms with Gasteiger partial charge in [-0.3, -0.25) is 0 Å². The molecule has 0 amide bonds. The molecule has 0 spiro atoms. The topological polar surface area (TPSA) is 12.0 Å². The normalized spacial score (nSPS) is 18.3. The van der Waals surface area contributed by atoms with Crippen molar-refractivity contribution < 1.29 is 0 Å². The Bertz CT molecular complexity index is 352. The highest BCUT2D eigenvalue weighted by atomic mass is 14.9. The van der Waals surface area contributed by atoms with Crippen molar-refractivity contribution in [3.05, 3.63) is 42.0 Å². The SMILES string of the molecule is C=CCc1cccc2c1C(CCC)CN2. The van der Waals surface area contributed by atoms with E-state index in [-0.39, 0.29) is 0 Å². The summed E-state index contributed by atoms with van der Waals surface area (Å²) in [6.07, 6.45) is 5.53. The molecule has 15 heavy (non-hydrogen) atoms. The molecule has 80 valence electrons. The van der Waals surface area contributed by atoms with Gasteiger partial charge in [-0.2, -0.15) is 0 Å². The van der Waals surface area contributed by atoms with Crippen LogP contribution in [0.2, 0.25) is 0 Å². The van der Waals surface area contributed by atoms with Crippen LogP contribution in [0.3, 0.4) is 0 Å². The van der Waals surface area contributed by atoms with E-state index in [9.17, 15) is 0 Å². The monoisotopic (exact) mass is 201 g/mol. The predicted octanol–water partition coefficient (Wildman–Crippen LogP) is 3.72. The van der Waals surface area contributed by atoms with Crippen molar-refractivity contribution in [3.8, 4) is 0 Å². The second kappa shape index (κ2) is 4.52. The maximum absolute atomic E-state index is 3.83. The molecule has 1 N–H and O–H groups in total. The summed E-state index contributed by atoms with van der Waals surface area (Å²) in [5, 5.41) is 3.50. The molecule has 1 aliphatic heterocycles. The van der Waals surface area contributed by atoms with Crippen molar-refractivity contribution >= 4 is 5.69 Å². The average molecular weight is 201 g/mol. The lowest BCUT2D eigenvalue weighted by Gasteiger charge is -2.12. The van der Waals surface area contributed by atoms with E-state index in [0.717, 1.165) is 13.0 Å². The van der Waals surface area contributed by atoms with Crippen LogP contribution >= 0.6 is 0 Å². The molecule has 0 aromatic heterocycles. The van der Waals surface area contributed by atoms with Gasteiger partial charge in [-0.25, -0.2) is 0 Å². The lowest BCUT2D eigenvalue weighted by atomic mass is 9.91. The Morgan fingerprint density at radius 1 is 1.53 bits per heavy atom. The van der Waals surface area contributed by atoms with Crippen molar-refractivity contribution in [1.29, 1.82) is 0 Å².